The van der Waals surface area contributed by atoms with Crippen LogP contribution >= 0.6 is 34.0 Å². The van der Waals surface area contributed by atoms with Crippen molar-refractivity contribution < 1.29 is 9.47 Å². The van der Waals surface area contributed by atoms with Crippen LogP contribution < -0.4 is 30.7 Å². The zero-order valence-corrected chi connectivity index (χ0v) is 29.8. The number of hydrogen-bond donors (Lipinski definition) is 4. The fourth-order valence-electron chi connectivity index (χ4n) is 4.63. The van der Waals surface area contributed by atoms with E-state index in [-0.39, 0.29) is 12.4 Å². The molecule has 0 radical (unpaired) electrons. The van der Waals surface area contributed by atoms with Crippen molar-refractivity contribution in [1.82, 2.24) is 21.3 Å². The lowest BCUT2D eigenvalue weighted by Gasteiger charge is -2.11. The van der Waals surface area contributed by atoms with Crippen molar-refractivity contribution in [3.63, 3.8) is 0 Å². The number of hydrogen-bond acceptors (Lipinski definition) is 8. The second-order valence-electron chi connectivity index (χ2n) is 10.7. The van der Waals surface area contributed by atoms with Crippen molar-refractivity contribution in [2.75, 3.05) is 64.0 Å². The molecule has 0 saturated heterocycles. The number of para-hydroxylation sites is 2. The standard InChI is InChI=1S/C36H58N4O2S2.ClH/c1-3-27-41-35-19-11-9-17-33(35)31-39-23-15-7-5-13-21-37-25-29-43-44-30-26-38-22-14-6-8-16-24-40-32-34-18-10-12-20-36(34)42-28-4-2;/h3-4,9-12,17-20,37-40H,1-2,5-8,13-16,21-32H2;1H. The number of benzene rings is 2. The monoisotopic (exact) mass is 678 g/mol. The first kappa shape index (κ1) is 41.4. The van der Waals surface area contributed by atoms with Crippen LogP contribution in [0.1, 0.15) is 62.5 Å². The molecule has 0 bridgehead atoms. The molecule has 0 saturated carbocycles. The summed E-state index contributed by atoms with van der Waals surface area (Å²) in [6.45, 7) is 16.8. The van der Waals surface area contributed by atoms with E-state index in [2.05, 4.69) is 58.7 Å². The van der Waals surface area contributed by atoms with E-state index in [1.54, 1.807) is 12.2 Å². The smallest absolute Gasteiger partial charge is 0.124 e. The minimum Gasteiger partial charge on any atom is -0.489 e. The van der Waals surface area contributed by atoms with Gasteiger partial charge in [-0.3, -0.25) is 0 Å². The molecule has 45 heavy (non-hydrogen) atoms. The molecule has 0 aromatic heterocycles. The van der Waals surface area contributed by atoms with Gasteiger partial charge in [0.15, 0.2) is 0 Å². The summed E-state index contributed by atoms with van der Waals surface area (Å²) in [7, 11) is 3.98. The molecule has 0 aliphatic carbocycles. The highest BCUT2D eigenvalue weighted by molar-refractivity contribution is 8.76. The lowest BCUT2D eigenvalue weighted by molar-refractivity contribution is 0.357. The Kier molecular flexibility index (Phi) is 28.5. The molecule has 0 aliphatic rings. The van der Waals surface area contributed by atoms with Gasteiger partial charge in [0.1, 0.15) is 24.7 Å². The molecule has 0 fully saturated rings. The van der Waals surface area contributed by atoms with E-state index in [1.165, 1.54) is 74.0 Å². The SMILES string of the molecule is C=CCOc1ccccc1CNCCCCCCNCCSSCCNCCCCCCNCc1ccccc1OCC=C.Cl. The maximum absolute atomic E-state index is 5.73. The van der Waals surface area contributed by atoms with Crippen LogP contribution in [0.25, 0.3) is 0 Å². The van der Waals surface area contributed by atoms with Crippen LogP contribution in [0, 0.1) is 0 Å². The van der Waals surface area contributed by atoms with E-state index in [0.29, 0.717) is 13.2 Å². The Labute approximate surface area is 288 Å². The van der Waals surface area contributed by atoms with Crippen molar-refractivity contribution in [3.05, 3.63) is 85.0 Å². The highest BCUT2D eigenvalue weighted by Crippen LogP contribution is 2.20. The zero-order valence-electron chi connectivity index (χ0n) is 27.4. The third-order valence-electron chi connectivity index (χ3n) is 7.01. The Morgan fingerprint density at radius 1 is 0.511 bits per heavy atom. The second-order valence-corrected chi connectivity index (χ2v) is 13.4. The summed E-state index contributed by atoms with van der Waals surface area (Å²) in [5.41, 5.74) is 2.42. The van der Waals surface area contributed by atoms with E-state index < -0.39 is 0 Å². The van der Waals surface area contributed by atoms with Crippen molar-refractivity contribution >= 4 is 34.0 Å². The largest absolute Gasteiger partial charge is 0.489 e. The van der Waals surface area contributed by atoms with Gasteiger partial charge in [0.25, 0.3) is 0 Å². The molecular formula is C36H59ClN4O2S2. The van der Waals surface area contributed by atoms with Crippen molar-refractivity contribution in [2.24, 2.45) is 0 Å². The van der Waals surface area contributed by atoms with Gasteiger partial charge in [-0.2, -0.15) is 0 Å². The van der Waals surface area contributed by atoms with Gasteiger partial charge in [0.2, 0.25) is 0 Å². The summed E-state index contributed by atoms with van der Waals surface area (Å²) in [6, 6.07) is 16.5. The van der Waals surface area contributed by atoms with Gasteiger partial charge in [0, 0.05) is 48.8 Å². The molecule has 0 amide bonds. The lowest BCUT2D eigenvalue weighted by atomic mass is 10.1. The fraction of sp³-hybridized carbons (Fsp3) is 0.556. The van der Waals surface area contributed by atoms with Gasteiger partial charge in [0.05, 0.1) is 0 Å². The van der Waals surface area contributed by atoms with Crippen molar-refractivity contribution in [1.29, 1.82) is 0 Å². The van der Waals surface area contributed by atoms with Crippen LogP contribution in [0.4, 0.5) is 0 Å². The normalized spacial score (nSPS) is 10.8. The van der Waals surface area contributed by atoms with Gasteiger partial charge in [-0.15, -0.1) is 12.4 Å². The summed E-state index contributed by atoms with van der Waals surface area (Å²) in [6.07, 6.45) is 13.7. The van der Waals surface area contributed by atoms with Gasteiger partial charge < -0.3 is 30.7 Å². The third-order valence-corrected chi connectivity index (χ3v) is 9.42. The Morgan fingerprint density at radius 2 is 0.889 bits per heavy atom. The van der Waals surface area contributed by atoms with Crippen LogP contribution in [0.3, 0.4) is 0 Å². The first-order valence-electron chi connectivity index (χ1n) is 16.6. The summed E-state index contributed by atoms with van der Waals surface area (Å²) in [5, 5.41) is 14.3. The molecule has 0 atom stereocenters. The van der Waals surface area contributed by atoms with Gasteiger partial charge >= 0.3 is 0 Å². The fourth-order valence-corrected chi connectivity index (χ4v) is 6.53. The molecule has 0 unspecified atom stereocenters. The second kappa shape index (κ2) is 31.0. The molecule has 9 heteroatoms. The summed E-state index contributed by atoms with van der Waals surface area (Å²) in [4.78, 5) is 0. The van der Waals surface area contributed by atoms with E-state index in [9.17, 15) is 0 Å². The van der Waals surface area contributed by atoms with Crippen molar-refractivity contribution in [3.8, 4) is 11.5 Å². The molecule has 6 nitrogen and oxygen atoms in total. The first-order valence-corrected chi connectivity index (χ1v) is 19.0. The van der Waals surface area contributed by atoms with Crippen LogP contribution in [-0.4, -0.2) is 64.0 Å². The average molecular weight is 679 g/mol. The predicted octanol–water partition coefficient (Wildman–Crippen LogP) is 7.80. The number of halogens is 1. The lowest BCUT2D eigenvalue weighted by Crippen LogP contribution is -2.19. The van der Waals surface area contributed by atoms with Crippen LogP contribution in [-0.2, 0) is 13.1 Å². The van der Waals surface area contributed by atoms with Crippen LogP contribution in [0.2, 0.25) is 0 Å². The quantitative estimate of drug-likeness (QED) is 0.0366. The molecule has 4 N–H and O–H groups in total. The third kappa shape index (κ3) is 22.5. The van der Waals surface area contributed by atoms with E-state index in [1.807, 2.05) is 45.9 Å². The van der Waals surface area contributed by atoms with E-state index in [0.717, 1.165) is 63.9 Å². The average Bonchev–Trinajstić information content (AvgIpc) is 3.05. The number of rotatable bonds is 31. The number of unbranched alkanes of at least 4 members (excludes halogenated alkanes) is 6. The molecule has 254 valence electrons. The molecule has 2 rings (SSSR count). The topological polar surface area (TPSA) is 66.6 Å². The highest BCUT2D eigenvalue weighted by Gasteiger charge is 2.03. The Hall–Kier alpha value is -1.65. The number of nitrogens with one attached hydrogen (secondary N) is 4. The highest BCUT2D eigenvalue weighted by atomic mass is 35.5. The summed E-state index contributed by atoms with van der Waals surface area (Å²) < 4.78 is 11.5. The predicted molar refractivity (Wildman–Crippen MR) is 203 cm³/mol. The van der Waals surface area contributed by atoms with E-state index >= 15 is 0 Å². The molecule has 2 aromatic rings. The Morgan fingerprint density at radius 3 is 1.29 bits per heavy atom. The van der Waals surface area contributed by atoms with Gasteiger partial charge in [-0.1, -0.05) is 109 Å². The molecule has 2 aromatic carbocycles. The van der Waals surface area contributed by atoms with Gasteiger partial charge in [-0.25, -0.2) is 0 Å². The van der Waals surface area contributed by atoms with Crippen LogP contribution in [0.15, 0.2) is 73.8 Å². The molecule has 0 heterocycles. The Balaban J connectivity index is 0.0000101. The maximum Gasteiger partial charge on any atom is 0.124 e. The van der Waals surface area contributed by atoms with Crippen LogP contribution in [0.5, 0.6) is 11.5 Å². The Bertz CT molecular complexity index is 908. The molecule has 0 spiro atoms. The zero-order chi connectivity index (χ0) is 31.2. The molecule has 0 aliphatic heterocycles. The van der Waals surface area contributed by atoms with Crippen molar-refractivity contribution in [2.45, 2.75) is 64.5 Å². The first-order chi connectivity index (χ1) is 21.8. The summed E-state index contributed by atoms with van der Waals surface area (Å²) in [5.74, 6) is 4.25. The maximum atomic E-state index is 5.73. The minimum absolute atomic E-state index is 0. The summed E-state index contributed by atoms with van der Waals surface area (Å²) >= 11 is 0. The van der Waals surface area contributed by atoms with Gasteiger partial charge in [-0.05, 0) is 64.0 Å². The minimum atomic E-state index is 0. The molecular weight excluding hydrogens is 620 g/mol. The van der Waals surface area contributed by atoms with E-state index in [4.69, 9.17) is 9.47 Å². The number of ether oxygens (including phenoxy) is 2.